The quantitative estimate of drug-likeness (QED) is 0.587. The van der Waals surface area contributed by atoms with Crippen molar-refractivity contribution in [2.75, 3.05) is 31.1 Å². The number of alkyl halides is 4. The standard InChI is InChI=1S/C18H20ClF3N2O2/c19-15(17(26)24-8-3-9-24)16(25)12-6-10-23(11-7-12)14-5-2-1-4-13(14)18(20,21)22/h1-2,4-5,12,15H,3,6-11H2. The molecule has 0 aliphatic carbocycles. The number of Topliss-reactive ketones (excluding diaryl/α,β-unsaturated/α-hetero) is 1. The lowest BCUT2D eigenvalue weighted by molar-refractivity contribution is -0.139. The zero-order valence-electron chi connectivity index (χ0n) is 14.1. The molecule has 2 fully saturated rings. The second kappa shape index (κ2) is 7.47. The number of ketones is 1. The van der Waals surface area contributed by atoms with Crippen LogP contribution in [0.25, 0.3) is 0 Å². The van der Waals surface area contributed by atoms with Gasteiger partial charge in [-0.1, -0.05) is 12.1 Å². The molecule has 1 unspecified atom stereocenters. The number of hydrogen-bond acceptors (Lipinski definition) is 3. The minimum absolute atomic E-state index is 0.130. The van der Waals surface area contributed by atoms with E-state index < -0.39 is 23.0 Å². The Hall–Kier alpha value is -1.76. The lowest BCUT2D eigenvalue weighted by Crippen LogP contribution is -2.49. The van der Waals surface area contributed by atoms with E-state index >= 15 is 0 Å². The zero-order chi connectivity index (χ0) is 18.9. The Labute approximate surface area is 154 Å². The molecule has 2 aliphatic heterocycles. The van der Waals surface area contributed by atoms with Gasteiger partial charge in [0, 0.05) is 37.8 Å². The highest BCUT2D eigenvalue weighted by atomic mass is 35.5. The van der Waals surface area contributed by atoms with Crippen LogP contribution < -0.4 is 4.90 Å². The molecule has 0 saturated carbocycles. The number of halogens is 4. The van der Waals surface area contributed by atoms with Gasteiger partial charge in [0.25, 0.3) is 0 Å². The molecule has 2 aliphatic rings. The van der Waals surface area contributed by atoms with Crippen molar-refractivity contribution in [2.24, 2.45) is 5.92 Å². The summed E-state index contributed by atoms with van der Waals surface area (Å²) in [6.45, 7) is 1.90. The van der Waals surface area contributed by atoms with Crippen molar-refractivity contribution in [3.8, 4) is 0 Å². The number of para-hydroxylation sites is 1. The second-order valence-corrected chi connectivity index (χ2v) is 7.16. The first-order valence-electron chi connectivity index (χ1n) is 8.67. The van der Waals surface area contributed by atoms with Crippen LogP contribution in [0, 0.1) is 5.92 Å². The maximum absolute atomic E-state index is 13.2. The molecule has 8 heteroatoms. The first-order chi connectivity index (χ1) is 12.3. The van der Waals surface area contributed by atoms with E-state index in [9.17, 15) is 22.8 Å². The number of carbonyl (C=O) groups is 2. The van der Waals surface area contributed by atoms with Crippen molar-refractivity contribution in [1.29, 1.82) is 0 Å². The number of nitrogens with zero attached hydrogens (tertiary/aromatic N) is 2. The highest BCUT2D eigenvalue weighted by Gasteiger charge is 2.38. The Kier molecular flexibility index (Phi) is 5.46. The van der Waals surface area contributed by atoms with Crippen molar-refractivity contribution in [2.45, 2.75) is 30.8 Å². The number of amides is 1. The molecule has 3 rings (SSSR count). The molecule has 142 valence electrons. The minimum Gasteiger partial charge on any atom is -0.371 e. The molecule has 1 amide bonds. The summed E-state index contributed by atoms with van der Waals surface area (Å²) in [5.74, 6) is -1.06. The monoisotopic (exact) mass is 388 g/mol. The number of rotatable bonds is 4. The largest absolute Gasteiger partial charge is 0.418 e. The van der Waals surface area contributed by atoms with E-state index in [2.05, 4.69) is 0 Å². The highest BCUT2D eigenvalue weighted by Crippen LogP contribution is 2.38. The van der Waals surface area contributed by atoms with Gasteiger partial charge in [0.05, 0.1) is 5.56 Å². The highest BCUT2D eigenvalue weighted by molar-refractivity contribution is 6.42. The van der Waals surface area contributed by atoms with Crippen molar-refractivity contribution in [3.63, 3.8) is 0 Å². The lowest BCUT2D eigenvalue weighted by Gasteiger charge is -2.36. The van der Waals surface area contributed by atoms with E-state index in [0.717, 1.165) is 12.5 Å². The number of anilines is 1. The molecule has 0 aromatic heterocycles. The maximum atomic E-state index is 13.2. The van der Waals surface area contributed by atoms with Crippen molar-refractivity contribution in [1.82, 2.24) is 4.90 Å². The van der Waals surface area contributed by atoms with Crippen LogP contribution in [-0.4, -0.2) is 48.1 Å². The molecule has 1 atom stereocenters. The summed E-state index contributed by atoms with van der Waals surface area (Å²) in [5, 5.41) is -1.19. The first kappa shape index (κ1) is 19.0. The Balaban J connectivity index is 1.63. The van der Waals surface area contributed by atoms with Crippen LogP contribution in [0.1, 0.15) is 24.8 Å². The summed E-state index contributed by atoms with van der Waals surface area (Å²) >= 11 is 6.06. The van der Waals surface area contributed by atoms with Gasteiger partial charge in [0.15, 0.2) is 11.2 Å². The van der Waals surface area contributed by atoms with E-state index in [-0.39, 0.29) is 17.4 Å². The van der Waals surface area contributed by atoms with Crippen LogP contribution in [0.3, 0.4) is 0 Å². The van der Waals surface area contributed by atoms with Gasteiger partial charge in [-0.15, -0.1) is 11.6 Å². The SMILES string of the molecule is O=C(C1CCN(c2ccccc2C(F)(F)F)CC1)C(Cl)C(=O)N1CCC1. The normalized spacial score (nSPS) is 19.8. The van der Waals surface area contributed by atoms with E-state index in [1.807, 2.05) is 0 Å². The summed E-state index contributed by atoms with van der Waals surface area (Å²) in [6, 6.07) is 5.44. The van der Waals surface area contributed by atoms with Gasteiger partial charge in [-0.2, -0.15) is 13.2 Å². The van der Waals surface area contributed by atoms with Crippen LogP contribution in [-0.2, 0) is 15.8 Å². The molecule has 1 aromatic carbocycles. The smallest absolute Gasteiger partial charge is 0.371 e. The van der Waals surface area contributed by atoms with Gasteiger partial charge in [-0.3, -0.25) is 9.59 Å². The first-order valence-corrected chi connectivity index (χ1v) is 9.10. The summed E-state index contributed by atoms with van der Waals surface area (Å²) in [5.41, 5.74) is -0.544. The summed E-state index contributed by atoms with van der Waals surface area (Å²) in [7, 11) is 0. The third-order valence-corrected chi connectivity index (χ3v) is 5.48. The topological polar surface area (TPSA) is 40.6 Å². The average molecular weight is 389 g/mol. The molecule has 0 bridgehead atoms. The van der Waals surface area contributed by atoms with Crippen LogP contribution in [0.2, 0.25) is 0 Å². The predicted molar refractivity (Wildman–Crippen MR) is 92.2 cm³/mol. The van der Waals surface area contributed by atoms with E-state index in [0.29, 0.717) is 39.0 Å². The number of benzene rings is 1. The van der Waals surface area contributed by atoms with Crippen LogP contribution >= 0.6 is 11.6 Å². The second-order valence-electron chi connectivity index (χ2n) is 6.72. The molecule has 1 aromatic rings. The Bertz CT molecular complexity index is 683. The fourth-order valence-corrected chi connectivity index (χ4v) is 3.74. The fraction of sp³-hybridized carbons (Fsp3) is 0.556. The molecular formula is C18H20ClF3N2O2. The van der Waals surface area contributed by atoms with Gasteiger partial charge in [0.1, 0.15) is 0 Å². The van der Waals surface area contributed by atoms with E-state index in [1.165, 1.54) is 12.1 Å². The Morgan fingerprint density at radius 1 is 1.08 bits per heavy atom. The number of piperidine rings is 1. The molecule has 0 radical (unpaired) electrons. The third-order valence-electron chi connectivity index (χ3n) is 5.08. The van der Waals surface area contributed by atoms with Gasteiger partial charge in [-0.25, -0.2) is 0 Å². The third kappa shape index (κ3) is 3.82. The number of carbonyl (C=O) groups excluding carboxylic acids is 2. The van der Waals surface area contributed by atoms with Crippen LogP contribution in [0.4, 0.5) is 18.9 Å². The molecule has 0 N–H and O–H groups in total. The lowest BCUT2D eigenvalue weighted by atomic mass is 9.89. The number of likely N-dealkylation sites (tertiary alicyclic amines) is 1. The van der Waals surface area contributed by atoms with Crippen molar-refractivity contribution in [3.05, 3.63) is 29.8 Å². The van der Waals surface area contributed by atoms with Crippen molar-refractivity contribution < 1.29 is 22.8 Å². The van der Waals surface area contributed by atoms with E-state index in [4.69, 9.17) is 11.6 Å². The molecule has 2 saturated heterocycles. The Morgan fingerprint density at radius 3 is 2.23 bits per heavy atom. The molecule has 2 heterocycles. The molecular weight excluding hydrogens is 369 g/mol. The maximum Gasteiger partial charge on any atom is 0.418 e. The minimum atomic E-state index is -4.42. The molecule has 4 nitrogen and oxygen atoms in total. The average Bonchev–Trinajstić information content (AvgIpc) is 2.58. The summed E-state index contributed by atoms with van der Waals surface area (Å²) in [4.78, 5) is 27.8. The summed E-state index contributed by atoms with van der Waals surface area (Å²) in [6.07, 6.45) is -2.72. The van der Waals surface area contributed by atoms with Gasteiger partial charge >= 0.3 is 6.18 Å². The zero-order valence-corrected chi connectivity index (χ0v) is 14.9. The predicted octanol–water partition coefficient (Wildman–Crippen LogP) is 3.33. The van der Waals surface area contributed by atoms with Gasteiger partial charge < -0.3 is 9.80 Å². The molecule has 0 spiro atoms. The molecule has 26 heavy (non-hydrogen) atoms. The van der Waals surface area contributed by atoms with Gasteiger partial charge in [-0.05, 0) is 31.4 Å². The number of hydrogen-bond donors (Lipinski definition) is 0. The van der Waals surface area contributed by atoms with Gasteiger partial charge in [0.2, 0.25) is 5.91 Å². The van der Waals surface area contributed by atoms with E-state index in [1.54, 1.807) is 15.9 Å². The van der Waals surface area contributed by atoms with Crippen LogP contribution in [0.5, 0.6) is 0 Å². The van der Waals surface area contributed by atoms with Crippen molar-refractivity contribution >= 4 is 29.0 Å². The van der Waals surface area contributed by atoms with Crippen LogP contribution in [0.15, 0.2) is 24.3 Å². The summed E-state index contributed by atoms with van der Waals surface area (Å²) < 4.78 is 39.5. The Morgan fingerprint density at radius 2 is 1.69 bits per heavy atom. The fourth-order valence-electron chi connectivity index (χ4n) is 3.42.